The van der Waals surface area contributed by atoms with Gasteiger partial charge in [0, 0.05) is 25.0 Å². The molecule has 1 atom stereocenters. The Morgan fingerprint density at radius 2 is 1.91 bits per heavy atom. The molecule has 170 valence electrons. The molecule has 0 radical (unpaired) electrons. The zero-order chi connectivity index (χ0) is 23.1. The summed E-state index contributed by atoms with van der Waals surface area (Å²) in [4.78, 5) is 11.1. The fraction of sp³-hybridized carbons (Fsp3) is 0.385. The van der Waals surface area contributed by atoms with Gasteiger partial charge in [0.25, 0.3) is 0 Å². The smallest absolute Gasteiger partial charge is 0.304 e. The minimum atomic E-state index is -0.811. The van der Waals surface area contributed by atoms with E-state index in [1.165, 1.54) is 0 Å². The predicted molar refractivity (Wildman–Crippen MR) is 126 cm³/mol. The highest BCUT2D eigenvalue weighted by Crippen LogP contribution is 2.26. The van der Waals surface area contributed by atoms with Crippen molar-refractivity contribution in [2.45, 2.75) is 52.9 Å². The molecule has 6 nitrogen and oxygen atoms in total. The summed E-state index contributed by atoms with van der Waals surface area (Å²) in [6, 6.07) is 13.9. The van der Waals surface area contributed by atoms with Gasteiger partial charge < -0.3 is 14.6 Å². The summed E-state index contributed by atoms with van der Waals surface area (Å²) in [5.41, 5.74) is 4.06. The van der Waals surface area contributed by atoms with Crippen molar-refractivity contribution in [3.05, 3.63) is 71.4 Å². The van der Waals surface area contributed by atoms with E-state index < -0.39 is 5.97 Å². The average Bonchev–Trinajstić information content (AvgIpc) is 3.08. The van der Waals surface area contributed by atoms with Crippen LogP contribution in [-0.4, -0.2) is 28.0 Å². The minimum absolute atomic E-state index is 0.0691. The van der Waals surface area contributed by atoms with Gasteiger partial charge >= 0.3 is 5.97 Å². The molecule has 3 rings (SSSR count). The molecule has 0 aliphatic heterocycles. The van der Waals surface area contributed by atoms with Crippen molar-refractivity contribution in [1.82, 2.24) is 9.78 Å². The van der Waals surface area contributed by atoms with Crippen molar-refractivity contribution in [2.75, 3.05) is 7.11 Å². The Balaban J connectivity index is 1.74. The van der Waals surface area contributed by atoms with Crippen molar-refractivity contribution in [1.29, 1.82) is 0 Å². The summed E-state index contributed by atoms with van der Waals surface area (Å²) in [5, 5.41) is 15.0. The van der Waals surface area contributed by atoms with Crippen molar-refractivity contribution < 1.29 is 19.4 Å². The monoisotopic (exact) mass is 436 g/mol. The molecule has 0 aliphatic carbocycles. The minimum Gasteiger partial charge on any atom is -0.489 e. The second kappa shape index (κ2) is 11.0. The van der Waals surface area contributed by atoms with Crippen LogP contribution in [0.4, 0.5) is 0 Å². The van der Waals surface area contributed by atoms with Crippen LogP contribution >= 0.6 is 0 Å². The van der Waals surface area contributed by atoms with Crippen molar-refractivity contribution in [3.8, 4) is 5.75 Å². The first-order valence-electron chi connectivity index (χ1n) is 11.0. The van der Waals surface area contributed by atoms with Gasteiger partial charge in [-0.25, -0.2) is 0 Å². The van der Waals surface area contributed by atoms with Crippen LogP contribution in [0.5, 0.6) is 5.75 Å². The van der Waals surface area contributed by atoms with Gasteiger partial charge in [0.15, 0.2) is 0 Å². The van der Waals surface area contributed by atoms with Crippen LogP contribution in [0.25, 0.3) is 10.9 Å². The standard InChI is InChI=1S/C26H32N2O4/c1-5-6-21(14-26(29)30)20-8-10-22(11-9-20)32-16-19-7-12-23-24(17-31-4)27-28(15-18(2)3)25(23)13-19/h5-13,18,21H,14-17H2,1-4H3,(H,29,30)/t21-/m1/s1. The predicted octanol–water partition coefficient (Wildman–Crippen LogP) is 5.55. The molecule has 0 unspecified atom stereocenters. The van der Waals surface area contributed by atoms with E-state index in [1.54, 1.807) is 7.11 Å². The second-order valence-electron chi connectivity index (χ2n) is 8.40. The molecule has 0 amide bonds. The van der Waals surface area contributed by atoms with Gasteiger partial charge in [0.2, 0.25) is 0 Å². The number of nitrogens with zero attached hydrogens (tertiary/aromatic N) is 2. The van der Waals surface area contributed by atoms with Crippen LogP contribution < -0.4 is 4.74 Å². The van der Waals surface area contributed by atoms with Crippen molar-refractivity contribution >= 4 is 16.9 Å². The number of aromatic nitrogens is 2. The molecule has 0 spiro atoms. The van der Waals surface area contributed by atoms with E-state index >= 15 is 0 Å². The number of carbonyl (C=O) groups is 1. The molecule has 2 aromatic carbocycles. The van der Waals surface area contributed by atoms with E-state index in [-0.39, 0.29) is 12.3 Å². The van der Waals surface area contributed by atoms with Gasteiger partial charge in [-0.15, -0.1) is 0 Å². The van der Waals surface area contributed by atoms with Crippen LogP contribution in [-0.2, 0) is 29.3 Å². The molecule has 32 heavy (non-hydrogen) atoms. The molecule has 6 heteroatoms. The quantitative estimate of drug-likeness (QED) is 0.399. The first kappa shape index (κ1) is 23.5. The maximum Gasteiger partial charge on any atom is 0.304 e. The summed E-state index contributed by atoms with van der Waals surface area (Å²) in [7, 11) is 1.68. The number of benzene rings is 2. The average molecular weight is 437 g/mol. The molecule has 0 fully saturated rings. The van der Waals surface area contributed by atoms with E-state index in [0.29, 0.717) is 19.1 Å². The Kier molecular flexibility index (Phi) is 8.06. The summed E-state index contributed by atoms with van der Waals surface area (Å²) >= 11 is 0. The number of methoxy groups -OCH3 is 1. The molecule has 0 aliphatic rings. The van der Waals surface area contributed by atoms with Crippen LogP contribution in [0.15, 0.2) is 54.6 Å². The number of aliphatic carboxylic acids is 1. The highest BCUT2D eigenvalue weighted by atomic mass is 16.5. The van der Waals surface area contributed by atoms with Gasteiger partial charge in [-0.1, -0.05) is 50.3 Å². The van der Waals surface area contributed by atoms with Crippen LogP contribution in [0.1, 0.15) is 49.9 Å². The number of carboxylic acids is 1. The lowest BCUT2D eigenvalue weighted by atomic mass is 9.95. The number of hydrogen-bond donors (Lipinski definition) is 1. The van der Waals surface area contributed by atoms with Crippen molar-refractivity contribution in [3.63, 3.8) is 0 Å². The summed E-state index contributed by atoms with van der Waals surface area (Å²) in [6.07, 6.45) is 3.87. The highest BCUT2D eigenvalue weighted by molar-refractivity contribution is 5.82. The third-order valence-corrected chi connectivity index (χ3v) is 5.24. The molecular weight excluding hydrogens is 404 g/mol. The summed E-state index contributed by atoms with van der Waals surface area (Å²) < 4.78 is 13.4. The molecule has 1 aromatic heterocycles. The summed E-state index contributed by atoms with van der Waals surface area (Å²) in [5.74, 6) is 0.282. The van der Waals surface area contributed by atoms with Crippen LogP contribution in [0, 0.1) is 5.92 Å². The van der Waals surface area contributed by atoms with E-state index in [4.69, 9.17) is 19.7 Å². The SMILES string of the molecule is CC=C[C@H](CC(=O)O)c1ccc(OCc2ccc3c(COC)nn(CC(C)C)c3c2)cc1. The Morgan fingerprint density at radius 1 is 1.16 bits per heavy atom. The van der Waals surface area contributed by atoms with E-state index in [9.17, 15) is 4.79 Å². The van der Waals surface area contributed by atoms with Crippen LogP contribution in [0.2, 0.25) is 0 Å². The zero-order valence-corrected chi connectivity index (χ0v) is 19.2. The number of allylic oxidation sites excluding steroid dienone is 2. The fourth-order valence-corrected chi connectivity index (χ4v) is 3.80. The fourth-order valence-electron chi connectivity index (χ4n) is 3.80. The topological polar surface area (TPSA) is 73.6 Å². The largest absolute Gasteiger partial charge is 0.489 e. The molecule has 0 saturated carbocycles. The van der Waals surface area contributed by atoms with Gasteiger partial charge in [0.05, 0.1) is 24.2 Å². The molecular formula is C26H32N2O4. The Hall–Kier alpha value is -3.12. The Labute approximate surface area is 189 Å². The Morgan fingerprint density at radius 3 is 2.53 bits per heavy atom. The second-order valence-corrected chi connectivity index (χ2v) is 8.40. The van der Waals surface area contributed by atoms with Gasteiger partial charge in [-0.2, -0.15) is 5.10 Å². The molecule has 0 saturated heterocycles. The zero-order valence-electron chi connectivity index (χ0n) is 19.2. The normalized spacial score (nSPS) is 12.7. The van der Waals surface area contributed by atoms with E-state index in [2.05, 4.69) is 36.7 Å². The number of ether oxygens (including phenoxy) is 2. The highest BCUT2D eigenvalue weighted by Gasteiger charge is 2.14. The molecule has 3 aromatic rings. The molecule has 1 heterocycles. The number of fused-ring (bicyclic) bond motifs is 1. The van der Waals surface area contributed by atoms with E-state index in [0.717, 1.165) is 40.0 Å². The first-order valence-corrected chi connectivity index (χ1v) is 11.0. The lowest BCUT2D eigenvalue weighted by Gasteiger charge is -2.12. The number of hydrogen-bond acceptors (Lipinski definition) is 4. The van der Waals surface area contributed by atoms with Gasteiger partial charge in [-0.3, -0.25) is 9.48 Å². The lowest BCUT2D eigenvalue weighted by Crippen LogP contribution is -2.06. The van der Waals surface area contributed by atoms with Crippen molar-refractivity contribution in [2.24, 2.45) is 5.92 Å². The van der Waals surface area contributed by atoms with Gasteiger partial charge in [0.1, 0.15) is 12.4 Å². The first-order chi connectivity index (χ1) is 15.4. The maximum absolute atomic E-state index is 11.1. The van der Waals surface area contributed by atoms with Gasteiger partial charge in [-0.05, 0) is 42.2 Å². The number of rotatable bonds is 11. The number of carboxylic acid groups (broad SMARTS) is 1. The van der Waals surface area contributed by atoms with E-state index in [1.807, 2.05) is 43.3 Å². The summed E-state index contributed by atoms with van der Waals surface area (Å²) in [6.45, 7) is 8.02. The molecule has 1 N–H and O–H groups in total. The lowest BCUT2D eigenvalue weighted by molar-refractivity contribution is -0.137. The third-order valence-electron chi connectivity index (χ3n) is 5.24. The Bertz CT molecular complexity index is 1070. The third kappa shape index (κ3) is 5.98. The molecule has 0 bridgehead atoms. The maximum atomic E-state index is 11.1. The van der Waals surface area contributed by atoms with Crippen LogP contribution in [0.3, 0.4) is 0 Å².